The van der Waals surface area contributed by atoms with Crippen LogP contribution in [0.5, 0.6) is 5.75 Å². The molecule has 0 radical (unpaired) electrons. The summed E-state index contributed by atoms with van der Waals surface area (Å²) >= 11 is 0. The molecule has 124 valence electrons. The summed E-state index contributed by atoms with van der Waals surface area (Å²) in [7, 11) is 0. The van der Waals surface area contributed by atoms with E-state index in [9.17, 15) is 14.3 Å². The molecule has 0 unspecified atom stereocenters. The van der Waals surface area contributed by atoms with Crippen LogP contribution in [-0.4, -0.2) is 37.7 Å². The number of anilines is 1. The van der Waals surface area contributed by atoms with Gasteiger partial charge >= 0.3 is 0 Å². The van der Waals surface area contributed by atoms with Gasteiger partial charge in [0.2, 0.25) is 0 Å². The van der Waals surface area contributed by atoms with Crippen LogP contribution in [0.4, 0.5) is 10.1 Å². The lowest BCUT2D eigenvalue weighted by Crippen LogP contribution is -2.36. The maximum atomic E-state index is 13.6. The number of nitrogens with zero attached hydrogens (tertiary/aromatic N) is 1. The minimum Gasteiger partial charge on any atom is -0.504 e. The summed E-state index contributed by atoms with van der Waals surface area (Å²) in [6.45, 7) is 3.26. The lowest BCUT2D eigenvalue weighted by molar-refractivity contribution is 0.112. The molecule has 1 heterocycles. The van der Waals surface area contributed by atoms with Gasteiger partial charge in [-0.05, 0) is 35.4 Å². The maximum Gasteiger partial charge on any atom is 0.166 e. The molecule has 0 aliphatic carbocycles. The molecule has 1 N–H and O–H groups in total. The summed E-state index contributed by atoms with van der Waals surface area (Å²) in [5.74, 6) is -1.42. The molecule has 2 aromatic rings. The molecule has 3 rings (SSSR count). The van der Waals surface area contributed by atoms with Crippen LogP contribution < -0.4 is 4.90 Å². The average Bonchev–Trinajstić information content (AvgIpc) is 2.63. The van der Waals surface area contributed by atoms with Crippen molar-refractivity contribution in [3.8, 4) is 5.75 Å². The van der Waals surface area contributed by atoms with Crippen LogP contribution in [0, 0.1) is 5.82 Å². The second kappa shape index (κ2) is 7.27. The number of carbonyl (C=O) groups excluding carboxylic acids is 1. The Bertz CT molecular complexity index is 750. The lowest BCUT2D eigenvalue weighted by atomic mass is 10.1. The smallest absolute Gasteiger partial charge is 0.166 e. The first-order chi connectivity index (χ1) is 11.7. The van der Waals surface area contributed by atoms with Crippen LogP contribution in [0.2, 0.25) is 0 Å². The van der Waals surface area contributed by atoms with Gasteiger partial charge in [-0.3, -0.25) is 4.79 Å². The fourth-order valence-electron chi connectivity index (χ4n) is 2.64. The van der Waals surface area contributed by atoms with Gasteiger partial charge in [0, 0.05) is 18.8 Å². The largest absolute Gasteiger partial charge is 0.504 e. The number of hydrogen-bond donors (Lipinski definition) is 1. The van der Waals surface area contributed by atoms with Crippen LogP contribution in [0.25, 0.3) is 12.2 Å². The van der Waals surface area contributed by atoms with Crippen molar-refractivity contribution in [3.63, 3.8) is 0 Å². The zero-order chi connectivity index (χ0) is 16.9. The maximum absolute atomic E-state index is 13.6. The number of phenolic OH excluding ortho intramolecular Hbond substituents is 1. The van der Waals surface area contributed by atoms with Crippen molar-refractivity contribution in [2.75, 3.05) is 31.2 Å². The first-order valence-electron chi connectivity index (χ1n) is 7.76. The van der Waals surface area contributed by atoms with E-state index < -0.39 is 11.6 Å². The molecule has 1 aliphatic rings. The number of carbonyl (C=O) groups is 1. The quantitative estimate of drug-likeness (QED) is 0.691. The van der Waals surface area contributed by atoms with Gasteiger partial charge in [-0.15, -0.1) is 0 Å². The molecule has 1 fully saturated rings. The summed E-state index contributed by atoms with van der Waals surface area (Å²) in [5.41, 5.74) is 2.57. The highest BCUT2D eigenvalue weighted by molar-refractivity contribution is 5.82. The fraction of sp³-hybridized carbons (Fsp3) is 0.211. The summed E-state index contributed by atoms with van der Waals surface area (Å²) in [6.07, 6.45) is 3.98. The zero-order valence-corrected chi connectivity index (χ0v) is 13.1. The third-order valence-corrected chi connectivity index (χ3v) is 3.98. The van der Waals surface area contributed by atoms with Crippen LogP contribution in [0.15, 0.2) is 36.4 Å². The Morgan fingerprint density at radius 2 is 1.71 bits per heavy atom. The van der Waals surface area contributed by atoms with Crippen LogP contribution in [0.1, 0.15) is 21.5 Å². The van der Waals surface area contributed by atoms with Crippen molar-refractivity contribution in [3.05, 3.63) is 58.9 Å². The molecule has 1 saturated heterocycles. The van der Waals surface area contributed by atoms with Gasteiger partial charge in [0.15, 0.2) is 17.9 Å². The van der Waals surface area contributed by atoms with E-state index in [0.29, 0.717) is 11.8 Å². The molecule has 5 heteroatoms. The molecule has 0 amide bonds. The van der Waals surface area contributed by atoms with Crippen LogP contribution >= 0.6 is 0 Å². The molecule has 0 aromatic heterocycles. The molecule has 0 spiro atoms. The minimum absolute atomic E-state index is 0.0580. The van der Waals surface area contributed by atoms with Crippen molar-refractivity contribution in [2.45, 2.75) is 0 Å². The number of halogens is 1. The standard InChI is InChI=1S/C19H18FNO3/c20-18-12-15(11-16(13-22)19(18)23)2-1-14-3-5-17(6-4-14)21-7-9-24-10-8-21/h1-6,11-13,23H,7-10H2. The van der Waals surface area contributed by atoms with Crippen molar-refractivity contribution in [1.29, 1.82) is 0 Å². The third kappa shape index (κ3) is 3.63. The second-order valence-corrected chi connectivity index (χ2v) is 5.58. The molecule has 0 atom stereocenters. The summed E-state index contributed by atoms with van der Waals surface area (Å²) < 4.78 is 18.9. The molecule has 0 bridgehead atoms. The third-order valence-electron chi connectivity index (χ3n) is 3.98. The number of benzene rings is 2. The van der Waals surface area contributed by atoms with Crippen molar-refractivity contribution in [2.24, 2.45) is 0 Å². The predicted molar refractivity (Wildman–Crippen MR) is 91.9 cm³/mol. The Kier molecular flexibility index (Phi) is 4.91. The van der Waals surface area contributed by atoms with E-state index in [-0.39, 0.29) is 5.56 Å². The number of rotatable bonds is 4. The second-order valence-electron chi connectivity index (χ2n) is 5.58. The monoisotopic (exact) mass is 327 g/mol. The van der Waals surface area contributed by atoms with Gasteiger partial charge in [0.1, 0.15) is 0 Å². The van der Waals surface area contributed by atoms with Crippen molar-refractivity contribution < 1.29 is 19.0 Å². The highest BCUT2D eigenvalue weighted by atomic mass is 19.1. The normalized spacial score (nSPS) is 15.0. The first-order valence-corrected chi connectivity index (χ1v) is 7.76. The summed E-state index contributed by atoms with van der Waals surface area (Å²) in [4.78, 5) is 13.1. The highest BCUT2D eigenvalue weighted by Crippen LogP contribution is 2.23. The van der Waals surface area contributed by atoms with Gasteiger partial charge in [-0.2, -0.15) is 0 Å². The van der Waals surface area contributed by atoms with Gasteiger partial charge in [0.05, 0.1) is 18.8 Å². The van der Waals surface area contributed by atoms with Crippen molar-refractivity contribution >= 4 is 24.1 Å². The van der Waals surface area contributed by atoms with E-state index in [2.05, 4.69) is 4.90 Å². The highest BCUT2D eigenvalue weighted by Gasteiger charge is 2.10. The van der Waals surface area contributed by atoms with Gasteiger partial charge in [-0.1, -0.05) is 24.3 Å². The number of hydrogen-bond acceptors (Lipinski definition) is 4. The lowest BCUT2D eigenvalue weighted by Gasteiger charge is -2.28. The zero-order valence-electron chi connectivity index (χ0n) is 13.1. The van der Waals surface area contributed by atoms with E-state index in [1.54, 1.807) is 6.08 Å². The Morgan fingerprint density at radius 1 is 1.04 bits per heavy atom. The Balaban J connectivity index is 1.75. The minimum atomic E-state index is -0.804. The Hall–Kier alpha value is -2.66. The van der Waals surface area contributed by atoms with E-state index in [0.717, 1.165) is 37.6 Å². The topological polar surface area (TPSA) is 49.8 Å². The van der Waals surface area contributed by atoms with Gasteiger partial charge < -0.3 is 14.7 Å². The van der Waals surface area contributed by atoms with E-state index in [4.69, 9.17) is 4.74 Å². The van der Waals surface area contributed by atoms with E-state index in [1.807, 2.05) is 30.3 Å². The number of morpholine rings is 1. The van der Waals surface area contributed by atoms with Crippen molar-refractivity contribution in [1.82, 2.24) is 0 Å². The Morgan fingerprint density at radius 3 is 2.38 bits per heavy atom. The SMILES string of the molecule is O=Cc1cc(C=Cc2ccc(N3CCOCC3)cc2)cc(F)c1O. The fourth-order valence-corrected chi connectivity index (χ4v) is 2.64. The van der Waals surface area contributed by atoms with E-state index >= 15 is 0 Å². The molecule has 2 aromatic carbocycles. The number of phenols is 1. The van der Waals surface area contributed by atoms with Crippen LogP contribution in [0.3, 0.4) is 0 Å². The number of ether oxygens (including phenoxy) is 1. The first kappa shape index (κ1) is 16.2. The molecule has 4 nitrogen and oxygen atoms in total. The Labute approximate surface area is 139 Å². The molecule has 24 heavy (non-hydrogen) atoms. The molecular weight excluding hydrogens is 309 g/mol. The summed E-state index contributed by atoms with van der Waals surface area (Å²) in [6, 6.07) is 10.7. The molecule has 0 saturated carbocycles. The van der Waals surface area contributed by atoms with Gasteiger partial charge in [-0.25, -0.2) is 4.39 Å². The summed E-state index contributed by atoms with van der Waals surface area (Å²) in [5, 5.41) is 9.42. The van der Waals surface area contributed by atoms with Gasteiger partial charge in [0.25, 0.3) is 0 Å². The molecule has 1 aliphatic heterocycles. The number of aldehydes is 1. The predicted octanol–water partition coefficient (Wildman–Crippen LogP) is 3.35. The number of aromatic hydroxyl groups is 1. The van der Waals surface area contributed by atoms with E-state index in [1.165, 1.54) is 12.1 Å². The molecular formula is C19H18FNO3. The van der Waals surface area contributed by atoms with Crippen LogP contribution in [-0.2, 0) is 4.74 Å². The average molecular weight is 327 g/mol.